The third-order valence-electron chi connectivity index (χ3n) is 5.63. The van der Waals surface area contributed by atoms with Gasteiger partial charge in [-0.15, -0.1) is 0 Å². The Hall–Kier alpha value is -2.86. The van der Waals surface area contributed by atoms with Crippen LogP contribution >= 0.6 is 11.6 Å². The van der Waals surface area contributed by atoms with Crippen LogP contribution in [0.25, 0.3) is 16.6 Å². The molecular weight excluding hydrogens is 414 g/mol. The Labute approximate surface area is 186 Å². The maximum absolute atomic E-state index is 13.1. The standard InChI is InChI=1S/C24H26ClN3O3/c1-14-12-20(24(3,4)5)31-21(14)23(30)27-10-8-17(9-11-27)28-15(2)26-22(29)18-13-16(25)6-7-19(18)28/h6-8,12-13H,9-11H2,1-5H3. The molecule has 0 bridgehead atoms. The lowest BCUT2D eigenvalue weighted by Gasteiger charge is -2.28. The van der Waals surface area contributed by atoms with Crippen molar-refractivity contribution in [2.45, 2.75) is 46.5 Å². The number of aromatic nitrogens is 2. The predicted molar refractivity (Wildman–Crippen MR) is 123 cm³/mol. The number of rotatable bonds is 2. The van der Waals surface area contributed by atoms with Crippen LogP contribution in [0.3, 0.4) is 0 Å². The molecule has 1 aromatic carbocycles. The van der Waals surface area contributed by atoms with E-state index in [-0.39, 0.29) is 16.9 Å². The van der Waals surface area contributed by atoms with E-state index in [1.54, 1.807) is 17.0 Å². The quantitative estimate of drug-likeness (QED) is 0.566. The third kappa shape index (κ3) is 3.92. The zero-order valence-corrected chi connectivity index (χ0v) is 19.2. The molecular formula is C24H26ClN3O3. The van der Waals surface area contributed by atoms with Crippen LogP contribution < -0.4 is 5.56 Å². The van der Waals surface area contributed by atoms with Crippen LogP contribution in [-0.2, 0) is 5.41 Å². The summed E-state index contributed by atoms with van der Waals surface area (Å²) in [5.41, 5.74) is 2.19. The van der Waals surface area contributed by atoms with E-state index in [1.807, 2.05) is 36.6 Å². The van der Waals surface area contributed by atoms with Crippen LogP contribution in [0, 0.1) is 13.8 Å². The highest BCUT2D eigenvalue weighted by molar-refractivity contribution is 6.31. The van der Waals surface area contributed by atoms with Crippen molar-refractivity contribution in [1.29, 1.82) is 0 Å². The van der Waals surface area contributed by atoms with Crippen molar-refractivity contribution in [3.63, 3.8) is 0 Å². The highest BCUT2D eigenvalue weighted by Gasteiger charge is 2.27. The molecule has 1 aliphatic heterocycles. The fourth-order valence-electron chi connectivity index (χ4n) is 3.92. The Kier molecular flexibility index (Phi) is 5.30. The Morgan fingerprint density at radius 2 is 1.94 bits per heavy atom. The number of carbonyl (C=O) groups is 1. The van der Waals surface area contributed by atoms with Crippen molar-refractivity contribution in [1.82, 2.24) is 14.5 Å². The topological polar surface area (TPSA) is 68.3 Å². The summed E-state index contributed by atoms with van der Waals surface area (Å²) in [5.74, 6) is 1.72. The van der Waals surface area contributed by atoms with E-state index in [0.29, 0.717) is 41.5 Å². The Morgan fingerprint density at radius 1 is 1.19 bits per heavy atom. The van der Waals surface area contributed by atoms with Gasteiger partial charge in [0.25, 0.3) is 11.5 Å². The molecule has 1 amide bonds. The predicted octanol–water partition coefficient (Wildman–Crippen LogP) is 4.94. The molecule has 3 heterocycles. The second-order valence-corrected chi connectivity index (χ2v) is 9.47. The Bertz CT molecular complexity index is 1280. The van der Waals surface area contributed by atoms with Crippen molar-refractivity contribution in [2.24, 2.45) is 0 Å². The van der Waals surface area contributed by atoms with Crippen molar-refractivity contribution in [2.75, 3.05) is 13.1 Å². The van der Waals surface area contributed by atoms with Gasteiger partial charge in [0.05, 0.1) is 10.9 Å². The van der Waals surface area contributed by atoms with Crippen molar-refractivity contribution >= 4 is 34.1 Å². The van der Waals surface area contributed by atoms with Gasteiger partial charge in [0, 0.05) is 41.2 Å². The number of carbonyl (C=O) groups excluding carboxylic acids is 1. The van der Waals surface area contributed by atoms with Gasteiger partial charge in [-0.05, 0) is 44.2 Å². The molecule has 0 saturated carbocycles. The number of halogens is 1. The van der Waals surface area contributed by atoms with Crippen LogP contribution in [0.2, 0.25) is 5.02 Å². The summed E-state index contributed by atoms with van der Waals surface area (Å²) in [6.07, 6.45) is 2.65. The highest BCUT2D eigenvalue weighted by atomic mass is 35.5. The molecule has 6 nitrogen and oxygen atoms in total. The molecule has 1 aliphatic rings. The summed E-state index contributed by atoms with van der Waals surface area (Å²) >= 11 is 6.08. The molecule has 0 N–H and O–H groups in total. The number of hydrogen-bond acceptors (Lipinski definition) is 4. The monoisotopic (exact) mass is 439 g/mol. The van der Waals surface area contributed by atoms with Gasteiger partial charge in [-0.3, -0.25) is 9.59 Å². The zero-order valence-electron chi connectivity index (χ0n) is 18.5. The summed E-state index contributed by atoms with van der Waals surface area (Å²) in [6, 6.07) is 7.20. The molecule has 2 aromatic heterocycles. The van der Waals surface area contributed by atoms with Crippen molar-refractivity contribution in [3.05, 3.63) is 68.6 Å². The lowest BCUT2D eigenvalue weighted by Crippen LogP contribution is -2.35. The van der Waals surface area contributed by atoms with Gasteiger partial charge in [0.2, 0.25) is 0 Å². The largest absolute Gasteiger partial charge is 0.455 e. The lowest BCUT2D eigenvalue weighted by atomic mass is 9.93. The molecule has 0 atom stereocenters. The first kappa shape index (κ1) is 21.4. The van der Waals surface area contributed by atoms with E-state index >= 15 is 0 Å². The molecule has 0 saturated heterocycles. The first-order chi connectivity index (χ1) is 14.6. The van der Waals surface area contributed by atoms with Gasteiger partial charge in [-0.2, -0.15) is 4.98 Å². The molecule has 0 aliphatic carbocycles. The molecule has 162 valence electrons. The summed E-state index contributed by atoms with van der Waals surface area (Å²) in [4.78, 5) is 31.4. The summed E-state index contributed by atoms with van der Waals surface area (Å²) in [7, 11) is 0. The molecule has 0 unspecified atom stereocenters. The minimum atomic E-state index is -0.289. The number of hydrogen-bond donors (Lipinski definition) is 0. The number of furan rings is 1. The Morgan fingerprint density at radius 3 is 2.55 bits per heavy atom. The van der Waals surface area contributed by atoms with Gasteiger partial charge in [-0.25, -0.2) is 0 Å². The minimum Gasteiger partial charge on any atom is -0.455 e. The van der Waals surface area contributed by atoms with E-state index in [9.17, 15) is 9.59 Å². The van der Waals surface area contributed by atoms with Gasteiger partial charge < -0.3 is 13.9 Å². The summed E-state index contributed by atoms with van der Waals surface area (Å²) in [6.45, 7) is 10.9. The maximum atomic E-state index is 13.1. The van der Waals surface area contributed by atoms with E-state index in [0.717, 1.165) is 22.5 Å². The minimum absolute atomic E-state index is 0.102. The van der Waals surface area contributed by atoms with Crippen LogP contribution in [0.1, 0.15) is 54.9 Å². The third-order valence-corrected chi connectivity index (χ3v) is 5.86. The normalized spacial score (nSPS) is 14.8. The maximum Gasteiger partial charge on any atom is 0.290 e. The van der Waals surface area contributed by atoms with Gasteiger partial charge >= 0.3 is 0 Å². The number of benzene rings is 1. The second kappa shape index (κ2) is 7.68. The van der Waals surface area contributed by atoms with Crippen LogP contribution in [0.15, 0.2) is 39.6 Å². The molecule has 31 heavy (non-hydrogen) atoms. The van der Waals surface area contributed by atoms with Gasteiger partial charge in [0.15, 0.2) is 5.76 Å². The van der Waals surface area contributed by atoms with Crippen LogP contribution in [0.4, 0.5) is 0 Å². The van der Waals surface area contributed by atoms with Gasteiger partial charge in [-0.1, -0.05) is 32.4 Å². The second-order valence-electron chi connectivity index (χ2n) is 9.03. The Balaban J connectivity index is 1.65. The SMILES string of the molecule is Cc1cc(C(C)(C)C)oc1C(=O)N1CC=C(n2c(C)nc(=O)c3cc(Cl)ccc32)CC1. The van der Waals surface area contributed by atoms with Crippen LogP contribution in [-0.4, -0.2) is 33.4 Å². The number of amides is 1. The number of fused-ring (bicyclic) bond motifs is 1. The number of aryl methyl sites for hydroxylation is 2. The lowest BCUT2D eigenvalue weighted by molar-refractivity contribution is 0.0735. The average Bonchev–Trinajstić information content (AvgIpc) is 3.10. The van der Waals surface area contributed by atoms with E-state index in [1.165, 1.54) is 0 Å². The first-order valence-electron chi connectivity index (χ1n) is 10.3. The molecule has 4 rings (SSSR count). The average molecular weight is 440 g/mol. The number of nitrogens with zero attached hydrogens (tertiary/aromatic N) is 3. The zero-order chi connectivity index (χ0) is 22.5. The van der Waals surface area contributed by atoms with Crippen molar-refractivity contribution in [3.8, 4) is 0 Å². The van der Waals surface area contributed by atoms with Gasteiger partial charge in [0.1, 0.15) is 11.6 Å². The molecule has 0 radical (unpaired) electrons. The van der Waals surface area contributed by atoms with E-state index in [2.05, 4.69) is 25.8 Å². The van der Waals surface area contributed by atoms with E-state index in [4.69, 9.17) is 16.0 Å². The molecule has 0 spiro atoms. The molecule has 3 aromatic rings. The fourth-order valence-corrected chi connectivity index (χ4v) is 4.09. The highest BCUT2D eigenvalue weighted by Crippen LogP contribution is 2.29. The van der Waals surface area contributed by atoms with E-state index < -0.39 is 0 Å². The summed E-state index contributed by atoms with van der Waals surface area (Å²) < 4.78 is 7.91. The molecule has 7 heteroatoms. The fraction of sp³-hybridized carbons (Fsp3) is 0.375. The smallest absolute Gasteiger partial charge is 0.290 e. The first-order valence-corrected chi connectivity index (χ1v) is 10.7. The van der Waals surface area contributed by atoms with Crippen molar-refractivity contribution < 1.29 is 9.21 Å². The molecule has 0 fully saturated rings. The summed E-state index contributed by atoms with van der Waals surface area (Å²) in [5, 5.41) is 0.984. The van der Waals surface area contributed by atoms with Crippen LogP contribution in [0.5, 0.6) is 0 Å².